The topological polar surface area (TPSA) is 41.1 Å². The zero-order chi connectivity index (χ0) is 12.0. The summed E-state index contributed by atoms with van der Waals surface area (Å²) in [5, 5.41) is 5.61. The molecule has 1 aromatic rings. The maximum absolute atomic E-state index is 13.0. The van der Waals surface area contributed by atoms with Crippen molar-refractivity contribution in [1.82, 2.24) is 10.6 Å². The minimum Gasteiger partial charge on any atom is -0.355 e. The molecular weight excluding hydrogens is 275 g/mol. The van der Waals surface area contributed by atoms with Gasteiger partial charge in [-0.15, -0.1) is 0 Å². The van der Waals surface area contributed by atoms with Gasteiger partial charge in [0.15, 0.2) is 0 Å². The molecule has 0 fully saturated rings. The molecular formula is C11H14BrFN2O. The number of hydrogen-bond donors (Lipinski definition) is 2. The molecule has 0 unspecified atom stereocenters. The molecule has 0 bridgehead atoms. The first-order valence-corrected chi connectivity index (χ1v) is 5.83. The average Bonchev–Trinajstić information content (AvgIpc) is 2.16. The van der Waals surface area contributed by atoms with Crippen molar-refractivity contribution in [2.45, 2.75) is 13.5 Å². The van der Waals surface area contributed by atoms with Crippen molar-refractivity contribution in [2.24, 2.45) is 0 Å². The highest BCUT2D eigenvalue weighted by atomic mass is 79.9. The number of nitrogens with one attached hydrogen (secondary N) is 2. The van der Waals surface area contributed by atoms with Crippen LogP contribution in [-0.2, 0) is 11.3 Å². The predicted molar refractivity (Wildman–Crippen MR) is 64.5 cm³/mol. The Hall–Kier alpha value is -0.940. The highest BCUT2D eigenvalue weighted by molar-refractivity contribution is 9.10. The van der Waals surface area contributed by atoms with E-state index in [0.29, 0.717) is 17.6 Å². The molecule has 0 aliphatic carbocycles. The summed E-state index contributed by atoms with van der Waals surface area (Å²) in [4.78, 5) is 11.1. The molecule has 16 heavy (non-hydrogen) atoms. The maximum atomic E-state index is 13.0. The van der Waals surface area contributed by atoms with Gasteiger partial charge in [-0.2, -0.15) is 0 Å². The van der Waals surface area contributed by atoms with Gasteiger partial charge in [-0.3, -0.25) is 4.79 Å². The van der Waals surface area contributed by atoms with E-state index in [-0.39, 0.29) is 18.3 Å². The first-order valence-electron chi connectivity index (χ1n) is 5.04. The normalized spacial score (nSPS) is 10.2. The first kappa shape index (κ1) is 13.1. The van der Waals surface area contributed by atoms with Gasteiger partial charge in [0.05, 0.1) is 6.54 Å². The van der Waals surface area contributed by atoms with Gasteiger partial charge in [0.1, 0.15) is 5.82 Å². The molecule has 1 aromatic carbocycles. The Bertz CT molecular complexity index is 351. The van der Waals surface area contributed by atoms with E-state index in [1.165, 1.54) is 12.1 Å². The first-order chi connectivity index (χ1) is 7.61. The standard InChI is InChI=1S/C11H14BrFN2O/c1-2-15-11(16)7-14-6-8-3-9(12)5-10(13)4-8/h3-5,14H,2,6-7H2,1H3,(H,15,16). The number of carbonyl (C=O) groups excluding carboxylic acids is 1. The van der Waals surface area contributed by atoms with E-state index in [0.717, 1.165) is 5.56 Å². The predicted octanol–water partition coefficient (Wildman–Crippen LogP) is 1.81. The number of rotatable bonds is 5. The number of carbonyl (C=O) groups is 1. The van der Waals surface area contributed by atoms with Crippen LogP contribution in [0.1, 0.15) is 12.5 Å². The van der Waals surface area contributed by atoms with Crippen molar-refractivity contribution >= 4 is 21.8 Å². The molecule has 1 rings (SSSR count). The van der Waals surface area contributed by atoms with Crippen molar-refractivity contribution < 1.29 is 9.18 Å². The van der Waals surface area contributed by atoms with Gasteiger partial charge >= 0.3 is 0 Å². The van der Waals surface area contributed by atoms with Crippen LogP contribution in [0.15, 0.2) is 22.7 Å². The molecule has 0 heterocycles. The van der Waals surface area contributed by atoms with Gasteiger partial charge in [-0.25, -0.2) is 4.39 Å². The largest absolute Gasteiger partial charge is 0.355 e. The van der Waals surface area contributed by atoms with Crippen LogP contribution in [0, 0.1) is 5.82 Å². The fraction of sp³-hybridized carbons (Fsp3) is 0.364. The lowest BCUT2D eigenvalue weighted by atomic mass is 10.2. The Morgan fingerprint density at radius 2 is 2.19 bits per heavy atom. The molecule has 0 aliphatic heterocycles. The Balaban J connectivity index is 2.40. The lowest BCUT2D eigenvalue weighted by Gasteiger charge is -2.05. The van der Waals surface area contributed by atoms with Crippen LogP contribution in [0.25, 0.3) is 0 Å². The summed E-state index contributed by atoms with van der Waals surface area (Å²) >= 11 is 3.21. The molecule has 0 aromatic heterocycles. The van der Waals surface area contributed by atoms with Gasteiger partial charge in [0.25, 0.3) is 0 Å². The second-order valence-electron chi connectivity index (χ2n) is 3.33. The number of hydrogen-bond acceptors (Lipinski definition) is 2. The zero-order valence-corrected chi connectivity index (χ0v) is 10.6. The molecule has 0 saturated heterocycles. The average molecular weight is 289 g/mol. The third-order valence-electron chi connectivity index (χ3n) is 1.91. The smallest absolute Gasteiger partial charge is 0.233 e. The van der Waals surface area contributed by atoms with E-state index in [4.69, 9.17) is 0 Å². The Morgan fingerprint density at radius 1 is 1.44 bits per heavy atom. The molecule has 0 atom stereocenters. The summed E-state index contributed by atoms with van der Waals surface area (Å²) in [5.41, 5.74) is 0.802. The third-order valence-corrected chi connectivity index (χ3v) is 2.37. The van der Waals surface area contributed by atoms with Gasteiger partial charge < -0.3 is 10.6 Å². The molecule has 0 radical (unpaired) electrons. The second-order valence-corrected chi connectivity index (χ2v) is 4.25. The summed E-state index contributed by atoms with van der Waals surface area (Å²) in [5.74, 6) is -0.345. The highest BCUT2D eigenvalue weighted by Gasteiger charge is 2.01. The van der Waals surface area contributed by atoms with Crippen LogP contribution in [0.2, 0.25) is 0 Å². The molecule has 5 heteroatoms. The fourth-order valence-electron chi connectivity index (χ4n) is 1.29. The summed E-state index contributed by atoms with van der Waals surface area (Å²) in [6.45, 7) is 3.18. The molecule has 1 amide bonds. The molecule has 3 nitrogen and oxygen atoms in total. The summed E-state index contributed by atoms with van der Waals surface area (Å²) < 4.78 is 13.7. The summed E-state index contributed by atoms with van der Waals surface area (Å²) in [6.07, 6.45) is 0. The van der Waals surface area contributed by atoms with Crippen molar-refractivity contribution in [3.63, 3.8) is 0 Å². The van der Waals surface area contributed by atoms with Crippen LogP contribution in [-0.4, -0.2) is 19.0 Å². The lowest BCUT2D eigenvalue weighted by Crippen LogP contribution is -2.33. The van der Waals surface area contributed by atoms with Crippen molar-refractivity contribution in [2.75, 3.05) is 13.1 Å². The van der Waals surface area contributed by atoms with E-state index in [1.54, 1.807) is 0 Å². The number of halogens is 2. The van der Waals surface area contributed by atoms with E-state index >= 15 is 0 Å². The third kappa shape index (κ3) is 4.72. The van der Waals surface area contributed by atoms with Crippen LogP contribution in [0.3, 0.4) is 0 Å². The van der Waals surface area contributed by atoms with Crippen LogP contribution >= 0.6 is 15.9 Å². The maximum Gasteiger partial charge on any atom is 0.233 e. The SMILES string of the molecule is CCNC(=O)CNCc1cc(F)cc(Br)c1. The summed E-state index contributed by atoms with van der Waals surface area (Å²) in [7, 11) is 0. The minimum absolute atomic E-state index is 0.0574. The summed E-state index contributed by atoms with van der Waals surface area (Å²) in [6, 6.07) is 4.65. The lowest BCUT2D eigenvalue weighted by molar-refractivity contribution is -0.120. The van der Waals surface area contributed by atoms with Crippen molar-refractivity contribution in [1.29, 1.82) is 0 Å². The monoisotopic (exact) mass is 288 g/mol. The highest BCUT2D eigenvalue weighted by Crippen LogP contribution is 2.14. The Labute approximate surface area is 103 Å². The van der Waals surface area contributed by atoms with Gasteiger partial charge in [0, 0.05) is 17.6 Å². The second kappa shape index (κ2) is 6.60. The fourth-order valence-corrected chi connectivity index (χ4v) is 1.81. The van der Waals surface area contributed by atoms with Crippen molar-refractivity contribution in [3.05, 3.63) is 34.1 Å². The van der Waals surface area contributed by atoms with E-state index in [9.17, 15) is 9.18 Å². The van der Waals surface area contributed by atoms with Gasteiger partial charge in [-0.05, 0) is 30.7 Å². The van der Waals surface area contributed by atoms with Crippen LogP contribution in [0.5, 0.6) is 0 Å². The molecule has 0 saturated carbocycles. The minimum atomic E-state index is -0.288. The van der Waals surface area contributed by atoms with Gasteiger partial charge in [-0.1, -0.05) is 15.9 Å². The molecule has 2 N–H and O–H groups in total. The number of benzene rings is 1. The molecule has 0 spiro atoms. The van der Waals surface area contributed by atoms with Crippen molar-refractivity contribution in [3.8, 4) is 0 Å². The van der Waals surface area contributed by atoms with Crippen LogP contribution < -0.4 is 10.6 Å². The van der Waals surface area contributed by atoms with Crippen LogP contribution in [0.4, 0.5) is 4.39 Å². The Kier molecular flexibility index (Phi) is 5.42. The number of likely N-dealkylation sites (N-methyl/N-ethyl adjacent to an activating group) is 1. The molecule has 88 valence electrons. The van der Waals surface area contributed by atoms with E-state index in [1.807, 2.05) is 13.0 Å². The van der Waals surface area contributed by atoms with E-state index < -0.39 is 0 Å². The van der Waals surface area contributed by atoms with Gasteiger partial charge in [0.2, 0.25) is 5.91 Å². The number of amides is 1. The zero-order valence-electron chi connectivity index (χ0n) is 9.02. The van der Waals surface area contributed by atoms with E-state index in [2.05, 4.69) is 26.6 Å². The Morgan fingerprint density at radius 3 is 2.81 bits per heavy atom. The molecule has 0 aliphatic rings. The quantitative estimate of drug-likeness (QED) is 0.868.